The van der Waals surface area contributed by atoms with Gasteiger partial charge in [0.2, 0.25) is 5.91 Å². The van der Waals surface area contributed by atoms with Crippen LogP contribution in [0.2, 0.25) is 0 Å². The molecule has 23 heavy (non-hydrogen) atoms. The van der Waals surface area contributed by atoms with Gasteiger partial charge in [-0.25, -0.2) is 0 Å². The number of carbonyl (C=O) groups is 1. The Kier molecular flexibility index (Phi) is 5.10. The Bertz CT molecular complexity index is 553. The maximum absolute atomic E-state index is 12.3. The van der Waals surface area contributed by atoms with Crippen LogP contribution in [0.4, 0.5) is 0 Å². The number of aliphatic hydroxyl groups excluding tert-OH is 1. The number of rotatable bonds is 3. The predicted octanol–water partition coefficient (Wildman–Crippen LogP) is 0.519. The Labute approximate surface area is 137 Å². The molecule has 124 valence electrons. The number of hydrogen-bond acceptors (Lipinski definition) is 4. The molecule has 1 N–H and O–H groups in total. The number of hydrogen-bond donors (Lipinski definition) is 1. The number of likely N-dealkylation sites (N-methyl/N-ethyl adjacent to an activating group) is 1. The van der Waals surface area contributed by atoms with Crippen molar-refractivity contribution in [3.05, 3.63) is 42.0 Å². The van der Waals surface area contributed by atoms with Crippen molar-refractivity contribution in [2.24, 2.45) is 0 Å². The van der Waals surface area contributed by atoms with E-state index in [4.69, 9.17) is 0 Å². The average Bonchev–Trinajstić information content (AvgIpc) is 2.96. The molecule has 3 rings (SSSR count). The number of nitrogens with zero attached hydrogens (tertiary/aromatic N) is 3. The minimum Gasteiger partial charge on any atom is -0.390 e. The number of aliphatic hydroxyl groups is 1. The fraction of sp³-hybridized carbons (Fsp3) is 0.500. The number of amides is 1. The minimum absolute atomic E-state index is 0.0236. The van der Waals surface area contributed by atoms with Gasteiger partial charge >= 0.3 is 0 Å². The van der Waals surface area contributed by atoms with Gasteiger partial charge in [0.15, 0.2) is 0 Å². The molecule has 5 heteroatoms. The Morgan fingerprint density at radius 1 is 1.13 bits per heavy atom. The third-order valence-corrected chi connectivity index (χ3v) is 4.80. The van der Waals surface area contributed by atoms with Gasteiger partial charge in [-0.05, 0) is 18.7 Å². The van der Waals surface area contributed by atoms with E-state index in [1.165, 1.54) is 0 Å². The molecular weight excluding hydrogens is 290 g/mol. The highest BCUT2D eigenvalue weighted by Gasteiger charge is 2.37. The highest BCUT2D eigenvalue weighted by Crippen LogP contribution is 2.18. The molecule has 0 bridgehead atoms. The number of likely N-dealkylation sites (tertiary alicyclic amines) is 1. The molecule has 0 aliphatic carbocycles. The fourth-order valence-electron chi connectivity index (χ4n) is 3.30. The second kappa shape index (κ2) is 7.25. The lowest BCUT2D eigenvalue weighted by molar-refractivity contribution is -0.125. The largest absolute Gasteiger partial charge is 0.390 e. The van der Waals surface area contributed by atoms with Crippen LogP contribution in [0.25, 0.3) is 6.08 Å². The van der Waals surface area contributed by atoms with Crippen molar-refractivity contribution in [2.75, 3.05) is 46.3 Å². The van der Waals surface area contributed by atoms with E-state index in [2.05, 4.69) is 16.8 Å². The SMILES string of the molecule is CN1CCN([C@@H]2CN(C(=O)C=Cc3ccccc3)C[C@H]2O)CC1. The molecule has 2 saturated heterocycles. The highest BCUT2D eigenvalue weighted by atomic mass is 16.3. The van der Waals surface area contributed by atoms with Crippen LogP contribution in [-0.2, 0) is 4.79 Å². The molecular formula is C18H25N3O2. The number of carbonyl (C=O) groups excluding carboxylic acids is 1. The van der Waals surface area contributed by atoms with Crippen LogP contribution in [0.15, 0.2) is 36.4 Å². The lowest BCUT2D eigenvalue weighted by atomic mass is 10.1. The van der Waals surface area contributed by atoms with Gasteiger partial charge in [0.1, 0.15) is 0 Å². The summed E-state index contributed by atoms with van der Waals surface area (Å²) >= 11 is 0. The molecule has 5 nitrogen and oxygen atoms in total. The van der Waals surface area contributed by atoms with E-state index < -0.39 is 6.10 Å². The first kappa shape index (κ1) is 16.2. The third-order valence-electron chi connectivity index (χ3n) is 4.80. The van der Waals surface area contributed by atoms with E-state index in [9.17, 15) is 9.90 Å². The Hall–Kier alpha value is -1.69. The zero-order valence-electron chi connectivity index (χ0n) is 13.6. The van der Waals surface area contributed by atoms with Crippen LogP contribution >= 0.6 is 0 Å². The summed E-state index contributed by atoms with van der Waals surface area (Å²) in [6, 6.07) is 9.86. The number of β-amino-alcohol motifs (C(OH)–C–C–N with tert-alkyl or cyclic N) is 1. The van der Waals surface area contributed by atoms with Gasteiger partial charge in [-0.1, -0.05) is 30.3 Å². The zero-order chi connectivity index (χ0) is 16.2. The van der Waals surface area contributed by atoms with Crippen LogP contribution in [0.3, 0.4) is 0 Å². The van der Waals surface area contributed by atoms with Crippen molar-refractivity contribution < 1.29 is 9.90 Å². The van der Waals surface area contributed by atoms with E-state index in [-0.39, 0.29) is 11.9 Å². The van der Waals surface area contributed by atoms with Gasteiger partial charge in [0, 0.05) is 45.3 Å². The van der Waals surface area contributed by atoms with Gasteiger partial charge < -0.3 is 14.9 Å². The van der Waals surface area contributed by atoms with Crippen molar-refractivity contribution in [2.45, 2.75) is 12.1 Å². The molecule has 2 aliphatic heterocycles. The minimum atomic E-state index is -0.451. The monoisotopic (exact) mass is 315 g/mol. The molecule has 0 spiro atoms. The average molecular weight is 315 g/mol. The van der Waals surface area contributed by atoms with Crippen LogP contribution in [0, 0.1) is 0 Å². The van der Waals surface area contributed by atoms with Crippen LogP contribution in [-0.4, -0.2) is 84.2 Å². The smallest absolute Gasteiger partial charge is 0.246 e. The lowest BCUT2D eigenvalue weighted by Gasteiger charge is -2.37. The molecule has 0 aromatic heterocycles. The number of piperazine rings is 1. The van der Waals surface area contributed by atoms with Crippen molar-refractivity contribution in [1.82, 2.24) is 14.7 Å². The van der Waals surface area contributed by atoms with E-state index in [0.29, 0.717) is 13.1 Å². The molecule has 1 amide bonds. The molecule has 2 heterocycles. The Balaban J connectivity index is 1.57. The standard InChI is InChI=1S/C18H25N3O2/c1-19-9-11-20(12-10-19)16-13-21(14-17(16)22)18(23)8-7-15-5-3-2-4-6-15/h2-8,16-17,22H,9-14H2,1H3/t16-,17-/m1/s1. The first-order valence-corrected chi connectivity index (χ1v) is 8.26. The normalized spacial score (nSPS) is 27.0. The summed E-state index contributed by atoms with van der Waals surface area (Å²) in [5.74, 6) is -0.0236. The summed E-state index contributed by atoms with van der Waals surface area (Å²) in [6.45, 7) is 4.99. The fourth-order valence-corrected chi connectivity index (χ4v) is 3.30. The van der Waals surface area contributed by atoms with Crippen molar-refractivity contribution in [3.8, 4) is 0 Å². The van der Waals surface area contributed by atoms with E-state index in [1.807, 2.05) is 36.4 Å². The van der Waals surface area contributed by atoms with Gasteiger partial charge in [0.25, 0.3) is 0 Å². The van der Waals surface area contributed by atoms with Gasteiger partial charge in [-0.15, -0.1) is 0 Å². The van der Waals surface area contributed by atoms with Gasteiger partial charge in [-0.3, -0.25) is 9.69 Å². The summed E-state index contributed by atoms with van der Waals surface area (Å²) in [5.41, 5.74) is 1.01. The molecule has 0 saturated carbocycles. The van der Waals surface area contributed by atoms with Crippen molar-refractivity contribution in [3.63, 3.8) is 0 Å². The van der Waals surface area contributed by atoms with Crippen molar-refractivity contribution >= 4 is 12.0 Å². The molecule has 2 fully saturated rings. The molecule has 0 unspecified atom stereocenters. The van der Waals surface area contributed by atoms with Crippen LogP contribution < -0.4 is 0 Å². The van der Waals surface area contributed by atoms with Crippen LogP contribution in [0.1, 0.15) is 5.56 Å². The van der Waals surface area contributed by atoms with Crippen molar-refractivity contribution in [1.29, 1.82) is 0 Å². The summed E-state index contributed by atoms with van der Waals surface area (Å²) in [6.07, 6.45) is 2.99. The first-order valence-electron chi connectivity index (χ1n) is 8.26. The maximum Gasteiger partial charge on any atom is 0.246 e. The van der Waals surface area contributed by atoms with Gasteiger partial charge in [-0.2, -0.15) is 0 Å². The third kappa shape index (κ3) is 3.99. The van der Waals surface area contributed by atoms with E-state index >= 15 is 0 Å². The Morgan fingerprint density at radius 3 is 2.52 bits per heavy atom. The van der Waals surface area contributed by atoms with Crippen LogP contribution in [0.5, 0.6) is 0 Å². The summed E-state index contributed by atoms with van der Waals surface area (Å²) in [7, 11) is 2.12. The second-order valence-corrected chi connectivity index (χ2v) is 6.46. The topological polar surface area (TPSA) is 47.0 Å². The highest BCUT2D eigenvalue weighted by molar-refractivity contribution is 5.92. The summed E-state index contributed by atoms with van der Waals surface area (Å²) < 4.78 is 0. The predicted molar refractivity (Wildman–Crippen MR) is 90.9 cm³/mol. The molecule has 1 aromatic rings. The Morgan fingerprint density at radius 2 is 1.83 bits per heavy atom. The lowest BCUT2D eigenvalue weighted by Crippen LogP contribution is -2.52. The first-order chi connectivity index (χ1) is 11.1. The zero-order valence-corrected chi connectivity index (χ0v) is 13.6. The van der Waals surface area contributed by atoms with E-state index in [1.54, 1.807) is 11.0 Å². The summed E-state index contributed by atoms with van der Waals surface area (Å²) in [4.78, 5) is 18.7. The maximum atomic E-state index is 12.3. The summed E-state index contributed by atoms with van der Waals surface area (Å²) in [5, 5.41) is 10.3. The quantitative estimate of drug-likeness (QED) is 0.826. The molecule has 1 aromatic carbocycles. The van der Waals surface area contributed by atoms with Gasteiger partial charge in [0.05, 0.1) is 12.1 Å². The van der Waals surface area contributed by atoms with E-state index in [0.717, 1.165) is 31.7 Å². The molecule has 2 atom stereocenters. The molecule has 0 radical (unpaired) electrons. The second-order valence-electron chi connectivity index (χ2n) is 6.46. The molecule has 2 aliphatic rings. The number of benzene rings is 1.